The number of aliphatic hydroxyl groups is 2. The SMILES string of the molecule is C[C@H](O)C(=O)OCCCCCCOC(=O)[C@H](C)O. The Labute approximate surface area is 107 Å². The maximum atomic E-state index is 10.9. The van der Waals surface area contributed by atoms with Crippen LogP contribution in [0.4, 0.5) is 0 Å². The van der Waals surface area contributed by atoms with E-state index in [9.17, 15) is 9.59 Å². The first-order valence-corrected chi connectivity index (χ1v) is 6.14. The van der Waals surface area contributed by atoms with Crippen LogP contribution in [0.25, 0.3) is 0 Å². The first-order valence-electron chi connectivity index (χ1n) is 6.14. The minimum atomic E-state index is -1.08. The van der Waals surface area contributed by atoms with Gasteiger partial charge in [-0.15, -0.1) is 0 Å². The predicted molar refractivity (Wildman–Crippen MR) is 63.7 cm³/mol. The lowest BCUT2D eigenvalue weighted by Crippen LogP contribution is -2.20. The number of unbranched alkanes of at least 4 members (excludes halogenated alkanes) is 3. The zero-order valence-electron chi connectivity index (χ0n) is 10.9. The topological polar surface area (TPSA) is 93.1 Å². The number of hydrogen-bond acceptors (Lipinski definition) is 6. The van der Waals surface area contributed by atoms with E-state index in [1.54, 1.807) is 0 Å². The van der Waals surface area contributed by atoms with Gasteiger partial charge in [0.15, 0.2) is 0 Å². The van der Waals surface area contributed by atoms with Gasteiger partial charge in [-0.2, -0.15) is 0 Å². The van der Waals surface area contributed by atoms with E-state index in [-0.39, 0.29) is 13.2 Å². The summed E-state index contributed by atoms with van der Waals surface area (Å²) >= 11 is 0. The van der Waals surface area contributed by atoms with E-state index in [2.05, 4.69) is 0 Å². The van der Waals surface area contributed by atoms with Gasteiger partial charge in [0.2, 0.25) is 0 Å². The van der Waals surface area contributed by atoms with Crippen molar-refractivity contribution in [2.75, 3.05) is 13.2 Å². The molecule has 0 spiro atoms. The van der Waals surface area contributed by atoms with Crippen molar-refractivity contribution in [2.45, 2.75) is 51.7 Å². The van der Waals surface area contributed by atoms with Crippen LogP contribution in [0.15, 0.2) is 0 Å². The monoisotopic (exact) mass is 262 g/mol. The van der Waals surface area contributed by atoms with Crippen molar-refractivity contribution in [3.8, 4) is 0 Å². The minimum absolute atomic E-state index is 0.289. The lowest BCUT2D eigenvalue weighted by Gasteiger charge is -2.07. The van der Waals surface area contributed by atoms with E-state index in [4.69, 9.17) is 19.7 Å². The summed E-state index contributed by atoms with van der Waals surface area (Å²) in [5.74, 6) is -1.22. The number of esters is 2. The summed E-state index contributed by atoms with van der Waals surface area (Å²) in [6.45, 7) is 3.30. The van der Waals surface area contributed by atoms with Crippen molar-refractivity contribution in [1.82, 2.24) is 0 Å². The molecular weight excluding hydrogens is 240 g/mol. The maximum Gasteiger partial charge on any atom is 0.334 e. The quantitative estimate of drug-likeness (QED) is 0.461. The third-order valence-electron chi connectivity index (χ3n) is 2.21. The van der Waals surface area contributed by atoms with Gasteiger partial charge in [0.1, 0.15) is 12.2 Å². The van der Waals surface area contributed by atoms with Crippen LogP contribution in [0.5, 0.6) is 0 Å². The molecule has 0 aliphatic heterocycles. The number of carbonyl (C=O) groups excluding carboxylic acids is 2. The highest BCUT2D eigenvalue weighted by Gasteiger charge is 2.10. The van der Waals surface area contributed by atoms with E-state index in [1.807, 2.05) is 0 Å². The first kappa shape index (κ1) is 16.9. The summed E-state index contributed by atoms with van der Waals surface area (Å²) in [5.41, 5.74) is 0. The maximum absolute atomic E-state index is 10.9. The summed E-state index contributed by atoms with van der Waals surface area (Å²) < 4.78 is 9.54. The normalized spacial score (nSPS) is 13.8. The molecule has 0 aliphatic carbocycles. The first-order chi connectivity index (χ1) is 8.45. The second kappa shape index (κ2) is 9.85. The molecule has 0 amide bonds. The van der Waals surface area contributed by atoms with E-state index < -0.39 is 24.1 Å². The van der Waals surface area contributed by atoms with Crippen LogP contribution in [0, 0.1) is 0 Å². The van der Waals surface area contributed by atoms with Crippen LogP contribution in [0.3, 0.4) is 0 Å². The Morgan fingerprint density at radius 1 is 0.833 bits per heavy atom. The Kier molecular flexibility index (Phi) is 9.22. The smallest absolute Gasteiger partial charge is 0.334 e. The zero-order chi connectivity index (χ0) is 14.0. The lowest BCUT2D eigenvalue weighted by atomic mass is 10.2. The molecule has 0 aromatic carbocycles. The van der Waals surface area contributed by atoms with Gasteiger partial charge in [-0.05, 0) is 39.5 Å². The second-order valence-electron chi connectivity index (χ2n) is 4.10. The summed E-state index contributed by atoms with van der Waals surface area (Å²) in [7, 11) is 0. The molecule has 0 aromatic rings. The molecule has 0 saturated carbocycles. The van der Waals surface area contributed by atoms with E-state index >= 15 is 0 Å². The van der Waals surface area contributed by atoms with Crippen LogP contribution >= 0.6 is 0 Å². The number of carbonyl (C=O) groups is 2. The number of hydrogen-bond donors (Lipinski definition) is 2. The third kappa shape index (κ3) is 8.95. The fourth-order valence-electron chi connectivity index (χ4n) is 1.14. The lowest BCUT2D eigenvalue weighted by molar-refractivity contribution is -0.153. The minimum Gasteiger partial charge on any atom is -0.464 e. The summed E-state index contributed by atoms with van der Waals surface area (Å²) in [6, 6.07) is 0. The van der Waals surface area contributed by atoms with Gasteiger partial charge in [-0.25, -0.2) is 9.59 Å². The number of ether oxygens (including phenoxy) is 2. The van der Waals surface area contributed by atoms with Gasteiger partial charge in [-0.1, -0.05) is 0 Å². The van der Waals surface area contributed by atoms with Gasteiger partial charge >= 0.3 is 11.9 Å². The highest BCUT2D eigenvalue weighted by atomic mass is 16.5. The molecule has 0 heterocycles. The van der Waals surface area contributed by atoms with Crippen molar-refractivity contribution in [1.29, 1.82) is 0 Å². The van der Waals surface area contributed by atoms with Crippen molar-refractivity contribution in [3.05, 3.63) is 0 Å². The average molecular weight is 262 g/mol. The molecule has 18 heavy (non-hydrogen) atoms. The number of rotatable bonds is 9. The van der Waals surface area contributed by atoms with Gasteiger partial charge < -0.3 is 19.7 Å². The fourth-order valence-corrected chi connectivity index (χ4v) is 1.14. The third-order valence-corrected chi connectivity index (χ3v) is 2.21. The second-order valence-corrected chi connectivity index (χ2v) is 4.10. The Bertz CT molecular complexity index is 223. The molecule has 6 heteroatoms. The fraction of sp³-hybridized carbons (Fsp3) is 0.833. The largest absolute Gasteiger partial charge is 0.464 e. The molecule has 0 aliphatic rings. The predicted octanol–water partition coefficient (Wildman–Crippen LogP) is 0.395. The van der Waals surface area contributed by atoms with Crippen LogP contribution in [0.1, 0.15) is 39.5 Å². The molecule has 0 fully saturated rings. The Balaban J connectivity index is 3.27. The summed E-state index contributed by atoms with van der Waals surface area (Å²) in [6.07, 6.45) is 0.958. The molecule has 0 radical (unpaired) electrons. The molecule has 2 N–H and O–H groups in total. The number of aliphatic hydroxyl groups excluding tert-OH is 2. The molecule has 2 atom stereocenters. The van der Waals surface area contributed by atoms with Crippen LogP contribution in [0.2, 0.25) is 0 Å². The summed E-state index contributed by atoms with van der Waals surface area (Å²) in [4.78, 5) is 21.7. The highest BCUT2D eigenvalue weighted by Crippen LogP contribution is 2.02. The van der Waals surface area contributed by atoms with E-state index in [1.165, 1.54) is 13.8 Å². The van der Waals surface area contributed by atoms with Crippen LogP contribution in [-0.4, -0.2) is 47.6 Å². The molecule has 0 bridgehead atoms. The van der Waals surface area contributed by atoms with Crippen LogP contribution in [-0.2, 0) is 19.1 Å². The Morgan fingerprint density at radius 2 is 1.17 bits per heavy atom. The molecule has 0 aromatic heterocycles. The van der Waals surface area contributed by atoms with Gasteiger partial charge in [0, 0.05) is 0 Å². The Hall–Kier alpha value is -1.14. The van der Waals surface area contributed by atoms with E-state index in [0.29, 0.717) is 12.8 Å². The average Bonchev–Trinajstić information content (AvgIpc) is 2.31. The van der Waals surface area contributed by atoms with Crippen molar-refractivity contribution in [2.24, 2.45) is 0 Å². The van der Waals surface area contributed by atoms with Crippen molar-refractivity contribution >= 4 is 11.9 Å². The van der Waals surface area contributed by atoms with Crippen LogP contribution < -0.4 is 0 Å². The van der Waals surface area contributed by atoms with Gasteiger partial charge in [0.05, 0.1) is 13.2 Å². The molecule has 0 saturated heterocycles. The Morgan fingerprint density at radius 3 is 1.44 bits per heavy atom. The molecule has 0 unspecified atom stereocenters. The molecule has 0 rings (SSSR count). The van der Waals surface area contributed by atoms with Gasteiger partial charge in [-0.3, -0.25) is 0 Å². The van der Waals surface area contributed by atoms with Crippen molar-refractivity contribution < 1.29 is 29.3 Å². The van der Waals surface area contributed by atoms with Crippen molar-refractivity contribution in [3.63, 3.8) is 0 Å². The highest BCUT2D eigenvalue weighted by molar-refractivity contribution is 5.74. The standard InChI is InChI=1S/C12H22O6/c1-9(13)11(15)17-7-5-3-4-6-8-18-12(16)10(2)14/h9-10,13-14H,3-8H2,1-2H3/t9-,10-/m0/s1. The van der Waals surface area contributed by atoms with Gasteiger partial charge in [0.25, 0.3) is 0 Å². The van der Waals surface area contributed by atoms with E-state index in [0.717, 1.165) is 12.8 Å². The molecular formula is C12H22O6. The molecule has 106 valence electrons. The summed E-state index contributed by atoms with van der Waals surface area (Å²) in [5, 5.41) is 17.7. The zero-order valence-corrected chi connectivity index (χ0v) is 10.9. The molecule has 6 nitrogen and oxygen atoms in total.